The van der Waals surface area contributed by atoms with Gasteiger partial charge in [0.25, 0.3) is 0 Å². The molecule has 1 heterocycles. The molecule has 0 saturated carbocycles. The number of halogens is 1. The third-order valence-corrected chi connectivity index (χ3v) is 5.27. The molecule has 1 aromatic heterocycles. The van der Waals surface area contributed by atoms with Gasteiger partial charge in [0.05, 0.1) is 5.25 Å². The number of hydrogen-bond donors (Lipinski definition) is 2. The molecule has 0 radical (unpaired) electrons. The number of rotatable bonds is 5. The van der Waals surface area contributed by atoms with Crippen LogP contribution >= 0.6 is 27.7 Å². The second-order valence-electron chi connectivity index (χ2n) is 5.19. The van der Waals surface area contributed by atoms with Gasteiger partial charge in [0.1, 0.15) is 0 Å². The van der Waals surface area contributed by atoms with Crippen molar-refractivity contribution in [2.24, 2.45) is 5.73 Å². The Balaban J connectivity index is 2.39. The average molecular weight is 371 g/mol. The van der Waals surface area contributed by atoms with Crippen molar-refractivity contribution in [2.45, 2.75) is 43.3 Å². The molecule has 3 N–H and O–H groups in total. The molecule has 0 spiro atoms. The summed E-state index contributed by atoms with van der Waals surface area (Å²) >= 11 is 5.07. The van der Waals surface area contributed by atoms with Crippen LogP contribution in [0.15, 0.2) is 38.7 Å². The molecule has 7 heteroatoms. The standard InChI is InChI=1S/C14H19BrN4OS/c1-8(2)19-13(20)17-18-14(19)21-12(9(3)16)10-6-4-5-7-11(10)15/h4-9,12H,16H2,1-3H3,(H,17,20). The molecule has 0 saturated heterocycles. The maximum atomic E-state index is 11.8. The summed E-state index contributed by atoms with van der Waals surface area (Å²) in [6.07, 6.45) is 0. The van der Waals surface area contributed by atoms with Gasteiger partial charge in [-0.25, -0.2) is 9.89 Å². The van der Waals surface area contributed by atoms with Crippen molar-refractivity contribution in [3.63, 3.8) is 0 Å². The van der Waals surface area contributed by atoms with Crippen LogP contribution in [-0.4, -0.2) is 20.8 Å². The Labute approximate surface area is 136 Å². The van der Waals surface area contributed by atoms with Crippen LogP contribution in [0.2, 0.25) is 0 Å². The smallest absolute Gasteiger partial charge is 0.327 e. The fraction of sp³-hybridized carbons (Fsp3) is 0.429. The summed E-state index contributed by atoms with van der Waals surface area (Å²) in [5.41, 5.74) is 7.06. The number of benzene rings is 1. The molecule has 0 bridgehead atoms. The summed E-state index contributed by atoms with van der Waals surface area (Å²) in [6, 6.07) is 7.94. The summed E-state index contributed by atoms with van der Waals surface area (Å²) < 4.78 is 2.66. The summed E-state index contributed by atoms with van der Waals surface area (Å²) in [4.78, 5) is 11.8. The minimum Gasteiger partial charge on any atom is -0.327 e. The molecule has 114 valence electrons. The fourth-order valence-corrected chi connectivity index (χ4v) is 4.07. The lowest BCUT2D eigenvalue weighted by atomic mass is 10.1. The van der Waals surface area contributed by atoms with Crippen LogP contribution in [0.3, 0.4) is 0 Å². The predicted molar refractivity (Wildman–Crippen MR) is 89.6 cm³/mol. The molecule has 0 aliphatic carbocycles. The van der Waals surface area contributed by atoms with Crippen LogP contribution in [0, 0.1) is 0 Å². The largest absolute Gasteiger partial charge is 0.344 e. The van der Waals surface area contributed by atoms with Gasteiger partial charge >= 0.3 is 5.69 Å². The highest BCUT2D eigenvalue weighted by molar-refractivity contribution is 9.10. The molecule has 0 aliphatic rings. The first-order valence-electron chi connectivity index (χ1n) is 6.75. The van der Waals surface area contributed by atoms with Gasteiger partial charge < -0.3 is 5.73 Å². The van der Waals surface area contributed by atoms with E-state index in [1.807, 2.05) is 45.0 Å². The summed E-state index contributed by atoms with van der Waals surface area (Å²) in [5.74, 6) is 0. The summed E-state index contributed by atoms with van der Waals surface area (Å²) in [5, 5.41) is 7.31. The molecular formula is C14H19BrN4OS. The van der Waals surface area contributed by atoms with Crippen molar-refractivity contribution >= 4 is 27.7 Å². The first-order valence-corrected chi connectivity index (χ1v) is 8.42. The van der Waals surface area contributed by atoms with Gasteiger partial charge in [-0.2, -0.15) is 0 Å². The van der Waals surface area contributed by atoms with Crippen LogP contribution in [0.1, 0.15) is 37.6 Å². The Morgan fingerprint density at radius 1 is 1.33 bits per heavy atom. The van der Waals surface area contributed by atoms with Gasteiger partial charge in [0.2, 0.25) is 0 Å². The highest BCUT2D eigenvalue weighted by atomic mass is 79.9. The number of aromatic amines is 1. The van der Waals surface area contributed by atoms with E-state index in [2.05, 4.69) is 26.1 Å². The quantitative estimate of drug-likeness (QED) is 0.792. The van der Waals surface area contributed by atoms with Gasteiger partial charge in [0, 0.05) is 16.6 Å². The molecule has 0 aliphatic heterocycles. The van der Waals surface area contributed by atoms with Crippen LogP contribution in [0.25, 0.3) is 0 Å². The van der Waals surface area contributed by atoms with Crippen molar-refractivity contribution in [3.8, 4) is 0 Å². The highest BCUT2D eigenvalue weighted by Gasteiger charge is 2.23. The maximum absolute atomic E-state index is 11.8. The zero-order valence-electron chi connectivity index (χ0n) is 12.2. The molecule has 2 unspecified atom stereocenters. The topological polar surface area (TPSA) is 76.7 Å². The predicted octanol–water partition coefficient (Wildman–Crippen LogP) is 3.10. The minimum absolute atomic E-state index is 0.00766. The second kappa shape index (κ2) is 6.81. The van der Waals surface area contributed by atoms with Crippen LogP contribution < -0.4 is 11.4 Å². The zero-order chi connectivity index (χ0) is 15.6. The van der Waals surface area contributed by atoms with Crippen molar-refractivity contribution in [2.75, 3.05) is 0 Å². The number of nitrogens with zero attached hydrogens (tertiary/aromatic N) is 2. The number of thioether (sulfide) groups is 1. The average Bonchev–Trinajstić information content (AvgIpc) is 2.78. The molecule has 1 aromatic carbocycles. The molecule has 0 amide bonds. The monoisotopic (exact) mass is 370 g/mol. The molecule has 2 aromatic rings. The van der Waals surface area contributed by atoms with E-state index in [-0.39, 0.29) is 23.0 Å². The normalized spacial score (nSPS) is 14.4. The van der Waals surface area contributed by atoms with Gasteiger partial charge in [-0.1, -0.05) is 45.9 Å². The molecule has 2 atom stereocenters. The third kappa shape index (κ3) is 3.59. The first-order chi connectivity index (χ1) is 9.91. The third-order valence-electron chi connectivity index (χ3n) is 3.11. The maximum Gasteiger partial charge on any atom is 0.344 e. The Morgan fingerprint density at radius 3 is 2.57 bits per heavy atom. The summed E-state index contributed by atoms with van der Waals surface area (Å²) in [6.45, 7) is 5.88. The van der Waals surface area contributed by atoms with Gasteiger partial charge in [-0.05, 0) is 32.4 Å². The van der Waals surface area contributed by atoms with E-state index in [4.69, 9.17) is 5.73 Å². The van der Waals surface area contributed by atoms with E-state index < -0.39 is 0 Å². The van der Waals surface area contributed by atoms with Gasteiger partial charge in [-0.3, -0.25) is 4.57 Å². The van der Waals surface area contributed by atoms with Crippen molar-refractivity contribution in [1.82, 2.24) is 14.8 Å². The molecule has 2 rings (SSSR count). The first kappa shape index (κ1) is 16.3. The lowest BCUT2D eigenvalue weighted by Gasteiger charge is -2.22. The second-order valence-corrected chi connectivity index (χ2v) is 7.16. The number of H-pyrrole nitrogens is 1. The number of nitrogens with one attached hydrogen (secondary N) is 1. The van der Waals surface area contributed by atoms with Crippen molar-refractivity contribution in [3.05, 3.63) is 44.8 Å². The summed E-state index contributed by atoms with van der Waals surface area (Å²) in [7, 11) is 0. The van der Waals surface area contributed by atoms with Crippen LogP contribution in [-0.2, 0) is 0 Å². The van der Waals surface area contributed by atoms with E-state index in [1.165, 1.54) is 11.8 Å². The Hall–Kier alpha value is -1.05. The molecular weight excluding hydrogens is 352 g/mol. The van der Waals surface area contributed by atoms with E-state index in [9.17, 15) is 4.79 Å². The number of hydrogen-bond acceptors (Lipinski definition) is 4. The SMILES string of the molecule is CC(N)C(Sc1n[nH]c(=O)n1C(C)C)c1ccccc1Br. The Kier molecular flexibility index (Phi) is 5.29. The van der Waals surface area contributed by atoms with Crippen LogP contribution in [0.4, 0.5) is 0 Å². The van der Waals surface area contributed by atoms with Crippen LogP contribution in [0.5, 0.6) is 0 Å². The Bertz CT molecular complexity index is 665. The van der Waals surface area contributed by atoms with Gasteiger partial charge in [0.15, 0.2) is 5.16 Å². The van der Waals surface area contributed by atoms with Crippen molar-refractivity contribution < 1.29 is 0 Å². The molecule has 5 nitrogen and oxygen atoms in total. The number of aromatic nitrogens is 3. The van der Waals surface area contributed by atoms with Gasteiger partial charge in [-0.15, -0.1) is 5.10 Å². The zero-order valence-corrected chi connectivity index (χ0v) is 14.6. The lowest BCUT2D eigenvalue weighted by molar-refractivity contribution is 0.532. The Morgan fingerprint density at radius 2 is 2.00 bits per heavy atom. The van der Waals surface area contributed by atoms with E-state index in [0.717, 1.165) is 10.0 Å². The highest BCUT2D eigenvalue weighted by Crippen LogP contribution is 2.39. The van der Waals surface area contributed by atoms with E-state index in [1.54, 1.807) is 4.57 Å². The number of nitrogens with two attached hydrogens (primary N) is 1. The fourth-order valence-electron chi connectivity index (χ4n) is 2.10. The molecule has 21 heavy (non-hydrogen) atoms. The minimum atomic E-state index is -0.192. The molecule has 0 fully saturated rings. The lowest BCUT2D eigenvalue weighted by Crippen LogP contribution is -2.24. The van der Waals surface area contributed by atoms with E-state index in [0.29, 0.717) is 5.16 Å². The van der Waals surface area contributed by atoms with E-state index >= 15 is 0 Å². The van der Waals surface area contributed by atoms with Crippen molar-refractivity contribution in [1.29, 1.82) is 0 Å².